The van der Waals surface area contributed by atoms with Crippen molar-refractivity contribution in [3.8, 4) is 0 Å². The maximum absolute atomic E-state index is 12.4. The van der Waals surface area contributed by atoms with Gasteiger partial charge in [0.25, 0.3) is 5.91 Å². The van der Waals surface area contributed by atoms with Crippen LogP contribution in [0.2, 0.25) is 0 Å². The molecule has 1 unspecified atom stereocenters. The first-order chi connectivity index (χ1) is 12.5. The summed E-state index contributed by atoms with van der Waals surface area (Å²) in [7, 11) is 0. The predicted molar refractivity (Wildman–Crippen MR) is 102 cm³/mol. The van der Waals surface area contributed by atoms with Crippen LogP contribution in [0, 0.1) is 0 Å². The van der Waals surface area contributed by atoms with E-state index < -0.39 is 11.5 Å². The molecule has 0 aliphatic rings. The summed E-state index contributed by atoms with van der Waals surface area (Å²) in [6, 6.07) is 16.3. The molecule has 0 aliphatic carbocycles. The van der Waals surface area contributed by atoms with Crippen molar-refractivity contribution < 1.29 is 9.21 Å². The summed E-state index contributed by atoms with van der Waals surface area (Å²) in [5, 5.41) is 3.42. The van der Waals surface area contributed by atoms with E-state index in [1.54, 1.807) is 24.3 Å². The Hall–Kier alpha value is -2.92. The molecule has 0 fully saturated rings. The van der Waals surface area contributed by atoms with Crippen molar-refractivity contribution in [3.05, 3.63) is 81.7 Å². The Morgan fingerprint density at radius 1 is 1.08 bits per heavy atom. The zero-order valence-corrected chi connectivity index (χ0v) is 14.9. The molecule has 2 aromatic carbocycles. The van der Waals surface area contributed by atoms with E-state index in [1.807, 2.05) is 30.3 Å². The number of hydrogen-bond donors (Lipinski definition) is 2. The lowest BCUT2D eigenvalue weighted by molar-refractivity contribution is 0.0947. The molecular weight excluding hydrogens is 328 g/mol. The van der Waals surface area contributed by atoms with Gasteiger partial charge in [0.15, 0.2) is 0 Å². The molecule has 3 aromatic rings. The second-order valence-corrected chi connectivity index (χ2v) is 6.62. The molecule has 1 atom stereocenters. The summed E-state index contributed by atoms with van der Waals surface area (Å²) in [5.74, 6) is -0.0362. The number of rotatable bonds is 5. The van der Waals surface area contributed by atoms with E-state index in [-0.39, 0.29) is 18.2 Å². The maximum atomic E-state index is 12.4. The highest BCUT2D eigenvalue weighted by Crippen LogP contribution is 2.17. The van der Waals surface area contributed by atoms with Crippen molar-refractivity contribution in [2.75, 3.05) is 6.54 Å². The Labute approximate surface area is 151 Å². The Balaban J connectivity index is 1.70. The number of benzene rings is 2. The number of amides is 1. The monoisotopic (exact) mass is 350 g/mol. The van der Waals surface area contributed by atoms with E-state index in [9.17, 15) is 9.59 Å². The molecule has 0 saturated carbocycles. The summed E-state index contributed by atoms with van der Waals surface area (Å²) < 4.78 is 5.19. The first-order valence-electron chi connectivity index (χ1n) is 8.62. The van der Waals surface area contributed by atoms with Crippen LogP contribution in [-0.4, -0.2) is 12.5 Å². The van der Waals surface area contributed by atoms with E-state index in [1.165, 1.54) is 5.56 Å². The van der Waals surface area contributed by atoms with Crippen molar-refractivity contribution in [2.45, 2.75) is 25.8 Å². The van der Waals surface area contributed by atoms with Gasteiger partial charge in [0.1, 0.15) is 11.1 Å². The van der Waals surface area contributed by atoms with Gasteiger partial charge in [0.05, 0.1) is 0 Å². The number of hydrogen-bond acceptors (Lipinski definition) is 4. The van der Waals surface area contributed by atoms with Crippen molar-refractivity contribution >= 4 is 16.9 Å². The van der Waals surface area contributed by atoms with Crippen LogP contribution in [0.4, 0.5) is 0 Å². The third-order valence-electron chi connectivity index (χ3n) is 4.40. The summed E-state index contributed by atoms with van der Waals surface area (Å²) >= 11 is 0. The summed E-state index contributed by atoms with van der Waals surface area (Å²) in [5.41, 5.74) is 8.10. The van der Waals surface area contributed by atoms with Crippen LogP contribution in [0.15, 0.2) is 63.8 Å². The topological polar surface area (TPSA) is 85.3 Å². The fourth-order valence-electron chi connectivity index (χ4n) is 2.76. The zero-order chi connectivity index (χ0) is 18.7. The Morgan fingerprint density at radius 2 is 1.73 bits per heavy atom. The fourth-order valence-corrected chi connectivity index (χ4v) is 2.76. The molecule has 1 amide bonds. The first-order valence-corrected chi connectivity index (χ1v) is 8.62. The standard InChI is InChI=1S/C21H22N2O3/c1-13(2)14-7-9-15(10-8-14)18(22)12-23-20(24)17-11-16-5-3-4-6-19(16)26-21(17)25/h3-11,13,18H,12,22H2,1-2H3,(H,23,24). The quantitative estimate of drug-likeness (QED) is 0.691. The Morgan fingerprint density at radius 3 is 2.42 bits per heavy atom. The van der Waals surface area contributed by atoms with Gasteiger partial charge >= 0.3 is 5.63 Å². The van der Waals surface area contributed by atoms with Crippen LogP contribution >= 0.6 is 0 Å². The molecule has 1 heterocycles. The molecule has 3 rings (SSSR count). The van der Waals surface area contributed by atoms with E-state index >= 15 is 0 Å². The first kappa shape index (κ1) is 17.9. The van der Waals surface area contributed by atoms with E-state index in [0.29, 0.717) is 16.9 Å². The van der Waals surface area contributed by atoms with Crippen LogP contribution < -0.4 is 16.7 Å². The van der Waals surface area contributed by atoms with Crippen LogP contribution in [-0.2, 0) is 0 Å². The fraction of sp³-hybridized carbons (Fsp3) is 0.238. The second kappa shape index (κ2) is 7.54. The van der Waals surface area contributed by atoms with Gasteiger partial charge in [-0.15, -0.1) is 0 Å². The largest absolute Gasteiger partial charge is 0.422 e. The van der Waals surface area contributed by atoms with E-state index in [2.05, 4.69) is 19.2 Å². The smallest absolute Gasteiger partial charge is 0.349 e. The third kappa shape index (κ3) is 3.83. The molecule has 1 aromatic heterocycles. The van der Waals surface area contributed by atoms with E-state index in [4.69, 9.17) is 10.2 Å². The number of nitrogens with one attached hydrogen (secondary N) is 1. The highest BCUT2D eigenvalue weighted by atomic mass is 16.4. The highest BCUT2D eigenvalue weighted by molar-refractivity contribution is 5.96. The molecule has 5 heteroatoms. The molecule has 5 nitrogen and oxygen atoms in total. The van der Waals surface area contributed by atoms with Gasteiger partial charge in [-0.1, -0.05) is 56.3 Å². The average Bonchev–Trinajstić information content (AvgIpc) is 2.65. The lowest BCUT2D eigenvalue weighted by atomic mass is 9.99. The number of carbonyl (C=O) groups is 1. The van der Waals surface area contributed by atoms with Crippen LogP contribution in [0.25, 0.3) is 11.0 Å². The summed E-state index contributed by atoms with van der Waals surface area (Å²) in [6.45, 7) is 4.49. The van der Waals surface area contributed by atoms with Gasteiger partial charge < -0.3 is 15.5 Å². The van der Waals surface area contributed by atoms with Crippen LogP contribution in [0.1, 0.15) is 47.3 Å². The van der Waals surface area contributed by atoms with E-state index in [0.717, 1.165) is 5.56 Å². The van der Waals surface area contributed by atoms with Crippen molar-refractivity contribution in [2.24, 2.45) is 5.73 Å². The maximum Gasteiger partial charge on any atom is 0.349 e. The minimum absolute atomic E-state index is 0.0222. The molecule has 134 valence electrons. The van der Waals surface area contributed by atoms with Crippen molar-refractivity contribution in [1.29, 1.82) is 0 Å². The van der Waals surface area contributed by atoms with Gasteiger partial charge in [-0.3, -0.25) is 4.79 Å². The van der Waals surface area contributed by atoms with Crippen molar-refractivity contribution in [1.82, 2.24) is 5.32 Å². The molecule has 0 bridgehead atoms. The van der Waals surface area contributed by atoms with Gasteiger partial charge in [0.2, 0.25) is 0 Å². The SMILES string of the molecule is CC(C)c1ccc(C(N)CNC(=O)c2cc3ccccc3oc2=O)cc1. The van der Waals surface area contributed by atoms with Crippen LogP contribution in [0.3, 0.4) is 0 Å². The van der Waals surface area contributed by atoms with Crippen LogP contribution in [0.5, 0.6) is 0 Å². The van der Waals surface area contributed by atoms with Gasteiger partial charge in [-0.05, 0) is 29.2 Å². The number of carbonyl (C=O) groups excluding carboxylic acids is 1. The Kier molecular flexibility index (Phi) is 5.19. The predicted octanol–water partition coefficient (Wildman–Crippen LogP) is 3.35. The lowest BCUT2D eigenvalue weighted by Gasteiger charge is -2.14. The summed E-state index contributed by atoms with van der Waals surface area (Å²) in [6.07, 6.45) is 0. The molecule has 0 aliphatic heterocycles. The molecule has 26 heavy (non-hydrogen) atoms. The Bertz CT molecular complexity index is 974. The molecule has 0 spiro atoms. The number of nitrogens with two attached hydrogens (primary N) is 1. The third-order valence-corrected chi connectivity index (χ3v) is 4.40. The lowest BCUT2D eigenvalue weighted by Crippen LogP contribution is -2.34. The molecule has 0 radical (unpaired) electrons. The van der Waals surface area contributed by atoms with Gasteiger partial charge in [-0.25, -0.2) is 4.79 Å². The van der Waals surface area contributed by atoms with Crippen molar-refractivity contribution in [3.63, 3.8) is 0 Å². The van der Waals surface area contributed by atoms with Gasteiger partial charge in [0, 0.05) is 18.0 Å². The minimum Gasteiger partial charge on any atom is -0.422 e. The number of fused-ring (bicyclic) bond motifs is 1. The molecule has 3 N–H and O–H groups in total. The molecular formula is C21H22N2O3. The molecule has 0 saturated heterocycles. The average molecular weight is 350 g/mol. The zero-order valence-electron chi connectivity index (χ0n) is 14.9. The summed E-state index contributed by atoms with van der Waals surface area (Å²) in [4.78, 5) is 24.4. The normalized spacial score (nSPS) is 12.3. The number of para-hydroxylation sites is 1. The highest BCUT2D eigenvalue weighted by Gasteiger charge is 2.15. The second-order valence-electron chi connectivity index (χ2n) is 6.62. The minimum atomic E-state index is -0.656. The van der Waals surface area contributed by atoms with Gasteiger partial charge in [-0.2, -0.15) is 0 Å².